The van der Waals surface area contributed by atoms with Crippen molar-refractivity contribution >= 4 is 17.3 Å². The molecule has 1 heterocycles. The normalized spacial score (nSPS) is 17.8. The predicted octanol–water partition coefficient (Wildman–Crippen LogP) is 2.24. The summed E-state index contributed by atoms with van der Waals surface area (Å²) in [4.78, 5) is 12.0. The number of nitrogens with one attached hydrogen (secondary N) is 1. The maximum absolute atomic E-state index is 12.0. The Morgan fingerprint density at radius 3 is 2.65 bits per heavy atom. The number of benzene rings is 1. The molecule has 0 atom stereocenters. The van der Waals surface area contributed by atoms with Crippen LogP contribution in [0.2, 0.25) is 0 Å². The lowest BCUT2D eigenvalue weighted by molar-refractivity contribution is -0.124. The third-order valence-corrected chi connectivity index (χ3v) is 3.32. The van der Waals surface area contributed by atoms with Crippen LogP contribution in [-0.2, 0) is 4.79 Å². The van der Waals surface area contributed by atoms with Gasteiger partial charge in [0.05, 0.1) is 11.1 Å². The minimum atomic E-state index is -0.534. The molecule has 4 nitrogen and oxygen atoms in total. The summed E-state index contributed by atoms with van der Waals surface area (Å²) >= 11 is 0. The van der Waals surface area contributed by atoms with Gasteiger partial charge in [-0.1, -0.05) is 0 Å². The lowest BCUT2D eigenvalue weighted by atomic mass is 9.94. The highest BCUT2D eigenvalue weighted by Crippen LogP contribution is 2.38. The maximum Gasteiger partial charge on any atom is 0.233 e. The average Bonchev–Trinajstić information content (AvgIpc) is 2.35. The number of hydrogen-bond acceptors (Lipinski definition) is 3. The van der Waals surface area contributed by atoms with Gasteiger partial charge in [0.2, 0.25) is 5.91 Å². The molecule has 0 saturated carbocycles. The van der Waals surface area contributed by atoms with Gasteiger partial charge in [-0.05, 0) is 44.9 Å². The van der Waals surface area contributed by atoms with Crippen LogP contribution in [0, 0.1) is 19.3 Å². The molecule has 1 aliphatic heterocycles. The van der Waals surface area contributed by atoms with E-state index in [1.54, 1.807) is 6.07 Å². The number of nitrogen functional groups attached to an aromatic ring is 1. The zero-order valence-electron chi connectivity index (χ0n) is 10.7. The first-order valence-electron chi connectivity index (χ1n) is 5.67. The summed E-state index contributed by atoms with van der Waals surface area (Å²) in [6, 6.07) is 1.76. The van der Waals surface area contributed by atoms with Crippen LogP contribution in [0.1, 0.15) is 25.0 Å². The van der Waals surface area contributed by atoms with Crippen LogP contribution in [0.5, 0.6) is 5.75 Å². The Hall–Kier alpha value is -1.71. The molecule has 0 spiro atoms. The quantitative estimate of drug-likeness (QED) is 0.677. The molecule has 1 amide bonds. The smallest absolute Gasteiger partial charge is 0.233 e. The molecule has 0 aromatic heterocycles. The number of carbonyl (C=O) groups excluding carboxylic acids is 1. The van der Waals surface area contributed by atoms with Gasteiger partial charge < -0.3 is 15.8 Å². The van der Waals surface area contributed by atoms with E-state index in [-0.39, 0.29) is 5.91 Å². The van der Waals surface area contributed by atoms with Crippen LogP contribution < -0.4 is 15.8 Å². The summed E-state index contributed by atoms with van der Waals surface area (Å²) < 4.78 is 5.76. The molecular weight excluding hydrogens is 216 g/mol. The summed E-state index contributed by atoms with van der Waals surface area (Å²) in [6.07, 6.45) is 0. The van der Waals surface area contributed by atoms with Gasteiger partial charge in [-0.3, -0.25) is 4.79 Å². The second-order valence-electron chi connectivity index (χ2n) is 5.22. The Morgan fingerprint density at radius 2 is 2.00 bits per heavy atom. The molecular formula is C13H18N2O2. The van der Waals surface area contributed by atoms with E-state index in [2.05, 4.69) is 5.32 Å². The number of fused-ring (bicyclic) bond motifs is 1. The molecule has 17 heavy (non-hydrogen) atoms. The number of anilines is 2. The third kappa shape index (κ3) is 1.84. The predicted molar refractivity (Wildman–Crippen MR) is 68.2 cm³/mol. The largest absolute Gasteiger partial charge is 0.490 e. The fraction of sp³-hybridized carbons (Fsp3) is 0.462. The highest BCUT2D eigenvalue weighted by atomic mass is 16.5. The van der Waals surface area contributed by atoms with Crippen LogP contribution in [-0.4, -0.2) is 12.5 Å². The SMILES string of the molecule is Cc1c(N)cc2c(c1C)OCC(C)(C)C(=O)N2. The van der Waals surface area contributed by atoms with Gasteiger partial charge in [-0.15, -0.1) is 0 Å². The molecule has 1 aromatic rings. The average molecular weight is 234 g/mol. The van der Waals surface area contributed by atoms with E-state index in [1.165, 1.54) is 0 Å². The lowest BCUT2D eigenvalue weighted by Gasteiger charge is -2.19. The lowest BCUT2D eigenvalue weighted by Crippen LogP contribution is -2.33. The van der Waals surface area contributed by atoms with Gasteiger partial charge in [0, 0.05) is 5.69 Å². The van der Waals surface area contributed by atoms with Crippen molar-refractivity contribution in [3.05, 3.63) is 17.2 Å². The fourth-order valence-electron chi connectivity index (χ4n) is 1.81. The van der Waals surface area contributed by atoms with E-state index in [0.717, 1.165) is 16.9 Å². The van der Waals surface area contributed by atoms with E-state index >= 15 is 0 Å². The minimum Gasteiger partial charge on any atom is -0.490 e. The van der Waals surface area contributed by atoms with Crippen LogP contribution in [0.25, 0.3) is 0 Å². The standard InChI is InChI=1S/C13H18N2O2/c1-7-8(2)11-10(5-9(7)14)15-12(16)13(3,4)6-17-11/h5H,6,14H2,1-4H3,(H,15,16). The first kappa shape index (κ1) is 11.8. The van der Waals surface area contributed by atoms with Crippen molar-refractivity contribution in [2.75, 3.05) is 17.7 Å². The van der Waals surface area contributed by atoms with Crippen molar-refractivity contribution in [1.29, 1.82) is 0 Å². The zero-order valence-corrected chi connectivity index (χ0v) is 10.7. The third-order valence-electron chi connectivity index (χ3n) is 3.32. The molecule has 1 aromatic carbocycles. The van der Waals surface area contributed by atoms with Crippen molar-refractivity contribution in [3.8, 4) is 5.75 Å². The first-order chi connectivity index (χ1) is 7.83. The topological polar surface area (TPSA) is 64.3 Å². The first-order valence-corrected chi connectivity index (χ1v) is 5.67. The summed E-state index contributed by atoms with van der Waals surface area (Å²) in [5.74, 6) is 0.689. The molecule has 0 aliphatic carbocycles. The van der Waals surface area contributed by atoms with Crippen LogP contribution in [0.15, 0.2) is 6.07 Å². The molecule has 0 bridgehead atoms. The Balaban J connectivity index is 2.55. The molecule has 4 heteroatoms. The van der Waals surface area contributed by atoms with Gasteiger partial charge in [-0.2, -0.15) is 0 Å². The van der Waals surface area contributed by atoms with Gasteiger partial charge in [0.15, 0.2) is 0 Å². The fourth-order valence-corrected chi connectivity index (χ4v) is 1.81. The van der Waals surface area contributed by atoms with Crippen LogP contribution in [0.4, 0.5) is 11.4 Å². The summed E-state index contributed by atoms with van der Waals surface area (Å²) in [5.41, 5.74) is 8.69. The molecule has 0 unspecified atom stereocenters. The summed E-state index contributed by atoms with van der Waals surface area (Å²) in [7, 11) is 0. The molecule has 3 N–H and O–H groups in total. The van der Waals surface area contributed by atoms with Gasteiger partial charge in [-0.25, -0.2) is 0 Å². The van der Waals surface area contributed by atoms with E-state index in [9.17, 15) is 4.79 Å². The van der Waals surface area contributed by atoms with Gasteiger partial charge in [0.25, 0.3) is 0 Å². The van der Waals surface area contributed by atoms with Crippen molar-refractivity contribution in [1.82, 2.24) is 0 Å². The zero-order chi connectivity index (χ0) is 12.8. The second-order valence-corrected chi connectivity index (χ2v) is 5.22. The van der Waals surface area contributed by atoms with E-state index in [4.69, 9.17) is 10.5 Å². The monoisotopic (exact) mass is 234 g/mol. The Labute approximate surface area is 101 Å². The Kier molecular flexibility index (Phi) is 2.53. The highest BCUT2D eigenvalue weighted by Gasteiger charge is 2.33. The molecule has 1 aliphatic rings. The van der Waals surface area contributed by atoms with Crippen LogP contribution >= 0.6 is 0 Å². The number of carbonyl (C=O) groups is 1. The minimum absolute atomic E-state index is 0.0427. The van der Waals surface area contributed by atoms with Crippen molar-refractivity contribution < 1.29 is 9.53 Å². The van der Waals surface area contributed by atoms with Crippen LogP contribution in [0.3, 0.4) is 0 Å². The number of hydrogen-bond donors (Lipinski definition) is 2. The highest BCUT2D eigenvalue weighted by molar-refractivity contribution is 5.98. The number of ether oxygens (including phenoxy) is 1. The van der Waals surface area contributed by atoms with Crippen molar-refractivity contribution in [2.45, 2.75) is 27.7 Å². The maximum atomic E-state index is 12.0. The molecule has 0 fully saturated rings. The summed E-state index contributed by atoms with van der Waals surface area (Å²) in [5, 5.41) is 2.88. The van der Waals surface area contributed by atoms with E-state index in [1.807, 2.05) is 27.7 Å². The van der Waals surface area contributed by atoms with Gasteiger partial charge >= 0.3 is 0 Å². The van der Waals surface area contributed by atoms with E-state index in [0.29, 0.717) is 18.0 Å². The molecule has 92 valence electrons. The number of nitrogens with two attached hydrogens (primary N) is 1. The van der Waals surface area contributed by atoms with Crippen molar-refractivity contribution in [2.24, 2.45) is 5.41 Å². The molecule has 0 saturated heterocycles. The Morgan fingerprint density at radius 1 is 1.35 bits per heavy atom. The van der Waals surface area contributed by atoms with Gasteiger partial charge in [0.1, 0.15) is 12.4 Å². The molecule has 0 radical (unpaired) electrons. The summed E-state index contributed by atoms with van der Waals surface area (Å²) in [6.45, 7) is 8.00. The Bertz CT molecular complexity index is 493. The molecule has 2 rings (SSSR count). The van der Waals surface area contributed by atoms with Crippen molar-refractivity contribution in [3.63, 3.8) is 0 Å². The second kappa shape index (κ2) is 3.65. The van der Waals surface area contributed by atoms with E-state index < -0.39 is 5.41 Å². The number of rotatable bonds is 0. The number of amides is 1.